The van der Waals surface area contributed by atoms with Crippen molar-refractivity contribution in [3.8, 4) is 5.97 Å². The summed E-state index contributed by atoms with van der Waals surface area (Å²) in [7, 11) is 0. The fourth-order valence-corrected chi connectivity index (χ4v) is 4.24. The number of hydrogen-bond acceptors (Lipinski definition) is 4. The summed E-state index contributed by atoms with van der Waals surface area (Å²) >= 11 is 1.81. The molecular formula is C23H30BN3S. The van der Waals surface area contributed by atoms with Gasteiger partial charge in [0.25, 0.3) is 6.71 Å². The lowest BCUT2D eigenvalue weighted by molar-refractivity contribution is 0.974. The molecular weight excluding hydrogens is 361 g/mol. The first-order valence-corrected chi connectivity index (χ1v) is 11.1. The fourth-order valence-electron chi connectivity index (χ4n) is 3.39. The molecule has 28 heavy (non-hydrogen) atoms. The Morgan fingerprint density at radius 1 is 1.25 bits per heavy atom. The third-order valence-corrected chi connectivity index (χ3v) is 5.76. The molecule has 0 amide bonds. The van der Waals surface area contributed by atoms with Crippen molar-refractivity contribution in [1.82, 2.24) is 4.98 Å². The summed E-state index contributed by atoms with van der Waals surface area (Å²) in [6.45, 7) is 13.2. The molecule has 146 valence electrons. The number of nitriles is 1. The Kier molecular flexibility index (Phi) is 8.66. The molecule has 0 atom stereocenters. The molecule has 1 aliphatic heterocycles. The van der Waals surface area contributed by atoms with Crippen LogP contribution in [0.25, 0.3) is 5.57 Å². The van der Waals surface area contributed by atoms with Crippen LogP contribution in [0.1, 0.15) is 56.5 Å². The van der Waals surface area contributed by atoms with E-state index < -0.39 is 0 Å². The summed E-state index contributed by atoms with van der Waals surface area (Å²) in [5, 5.41) is 9.31. The second-order valence-corrected chi connectivity index (χ2v) is 7.88. The van der Waals surface area contributed by atoms with Gasteiger partial charge in [0, 0.05) is 17.9 Å². The predicted octanol–water partition coefficient (Wildman–Crippen LogP) is 5.94. The Hall–Kier alpha value is -2.19. The highest BCUT2D eigenvalue weighted by molar-refractivity contribution is 8.00. The lowest BCUT2D eigenvalue weighted by atomic mass is 9.49. The molecule has 0 fully saturated rings. The maximum absolute atomic E-state index is 9.31. The maximum Gasteiger partial charge on any atom is 0.276 e. The summed E-state index contributed by atoms with van der Waals surface area (Å²) in [6, 6.07) is 10.7. The van der Waals surface area contributed by atoms with Crippen LogP contribution in [0.5, 0.6) is 0 Å². The topological polar surface area (TPSA) is 39.9 Å². The number of aromatic nitrogens is 1. The summed E-state index contributed by atoms with van der Waals surface area (Å²) in [4.78, 5) is 4.65. The molecule has 1 aliphatic rings. The molecule has 3 nitrogen and oxygen atoms in total. The van der Waals surface area contributed by atoms with Crippen LogP contribution in [0.15, 0.2) is 43.1 Å². The molecule has 0 spiro atoms. The Labute approximate surface area is 175 Å². The van der Waals surface area contributed by atoms with E-state index in [-0.39, 0.29) is 6.71 Å². The van der Waals surface area contributed by atoms with Crippen LogP contribution in [-0.4, -0.2) is 17.4 Å². The van der Waals surface area contributed by atoms with Crippen molar-refractivity contribution in [2.24, 2.45) is 0 Å². The Morgan fingerprint density at radius 3 is 2.64 bits per heavy atom. The molecule has 0 N–H and O–H groups in total. The summed E-state index contributed by atoms with van der Waals surface area (Å²) in [5.41, 5.74) is 7.16. The van der Waals surface area contributed by atoms with E-state index in [0.29, 0.717) is 0 Å². The highest BCUT2D eigenvalue weighted by atomic mass is 32.2. The molecule has 0 unspecified atom stereocenters. The van der Waals surface area contributed by atoms with Gasteiger partial charge >= 0.3 is 0 Å². The van der Waals surface area contributed by atoms with Gasteiger partial charge in [0.1, 0.15) is 0 Å². The summed E-state index contributed by atoms with van der Waals surface area (Å²) in [5.74, 6) is 3.43. The average molecular weight is 391 g/mol. The van der Waals surface area contributed by atoms with Gasteiger partial charge in [-0.15, -0.1) is 0 Å². The van der Waals surface area contributed by atoms with E-state index in [0.717, 1.165) is 48.2 Å². The first kappa shape index (κ1) is 22.1. The van der Waals surface area contributed by atoms with Gasteiger partial charge in [0.2, 0.25) is 0 Å². The van der Waals surface area contributed by atoms with Crippen LogP contribution in [-0.2, 0) is 19.2 Å². The fraction of sp³-hybridized carbons (Fsp3) is 0.391. The van der Waals surface area contributed by atoms with E-state index in [4.69, 9.17) is 0 Å². The third-order valence-electron chi connectivity index (χ3n) is 4.87. The lowest BCUT2D eigenvalue weighted by Crippen LogP contribution is -2.17. The second kappa shape index (κ2) is 11.0. The molecule has 1 aromatic heterocycles. The van der Waals surface area contributed by atoms with Crippen LogP contribution >= 0.6 is 11.9 Å². The highest BCUT2D eigenvalue weighted by Gasteiger charge is 2.28. The van der Waals surface area contributed by atoms with E-state index >= 15 is 0 Å². The van der Waals surface area contributed by atoms with E-state index in [9.17, 15) is 5.26 Å². The Morgan fingerprint density at radius 2 is 2.04 bits per heavy atom. The zero-order chi connectivity index (χ0) is 20.5. The highest BCUT2D eigenvalue weighted by Crippen LogP contribution is 2.35. The van der Waals surface area contributed by atoms with Gasteiger partial charge in [0.05, 0.1) is 17.9 Å². The average Bonchev–Trinajstić information content (AvgIpc) is 3.18. The number of rotatable bonds is 7. The number of anilines is 1. The van der Waals surface area contributed by atoms with Crippen molar-refractivity contribution in [1.29, 1.82) is 5.26 Å². The van der Waals surface area contributed by atoms with Gasteiger partial charge in [-0.1, -0.05) is 52.5 Å². The minimum Gasteiger partial charge on any atom is -0.310 e. The van der Waals surface area contributed by atoms with Gasteiger partial charge < -0.3 is 4.31 Å². The van der Waals surface area contributed by atoms with Crippen molar-refractivity contribution in [3.63, 3.8) is 0 Å². The van der Waals surface area contributed by atoms with E-state index in [2.05, 4.69) is 66.0 Å². The molecule has 0 bridgehead atoms. The molecule has 2 aromatic rings. The quantitative estimate of drug-likeness (QED) is 0.433. The number of benzene rings is 1. The number of nitrogens with zero attached hydrogens (tertiary/aromatic N) is 3. The molecule has 0 radical (unpaired) electrons. The van der Waals surface area contributed by atoms with Crippen molar-refractivity contribution >= 4 is 29.9 Å². The van der Waals surface area contributed by atoms with E-state index in [1.54, 1.807) is 0 Å². The van der Waals surface area contributed by atoms with E-state index in [1.165, 1.54) is 16.8 Å². The number of allylic oxidation sites excluding steroid dienone is 1. The van der Waals surface area contributed by atoms with Crippen LogP contribution in [0, 0.1) is 11.2 Å². The van der Waals surface area contributed by atoms with Gasteiger partial charge in [-0.3, -0.25) is 4.98 Å². The SMILES string of the molecule is C=C(CC)c1ccc(CN(SCC)c2cccc3c2CB(C#N)C3)nc1.CC. The molecule has 0 saturated carbocycles. The normalized spacial score (nSPS) is 11.9. The smallest absolute Gasteiger partial charge is 0.276 e. The van der Waals surface area contributed by atoms with E-state index in [1.807, 2.05) is 32.0 Å². The molecule has 1 aromatic carbocycles. The molecule has 0 aliphatic carbocycles. The standard InChI is InChI=1S/C21H24BN3S.C2H6/c1-4-16(3)18-9-10-19(24-13-18)14-25(26-5-2)21-8-6-7-17-11-22(15-23)12-20(17)21;1-2/h6-10,13H,3-5,11-12,14H2,1-2H3;1-2H3. The minimum atomic E-state index is 0.108. The largest absolute Gasteiger partial charge is 0.310 e. The molecule has 3 rings (SSSR count). The summed E-state index contributed by atoms with van der Waals surface area (Å²) in [6.07, 6.45) is 4.59. The molecule has 5 heteroatoms. The summed E-state index contributed by atoms with van der Waals surface area (Å²) < 4.78 is 2.33. The second-order valence-electron chi connectivity index (χ2n) is 6.60. The Balaban J connectivity index is 0.00000136. The van der Waals surface area contributed by atoms with Crippen LogP contribution in [0.2, 0.25) is 0 Å². The van der Waals surface area contributed by atoms with Crippen molar-refractivity contribution in [2.75, 3.05) is 10.1 Å². The van der Waals surface area contributed by atoms with Crippen molar-refractivity contribution < 1.29 is 0 Å². The zero-order valence-corrected chi connectivity index (χ0v) is 18.4. The van der Waals surface area contributed by atoms with Gasteiger partial charge in [-0.2, -0.15) is 0 Å². The first-order valence-electron chi connectivity index (χ1n) is 10.2. The molecule has 0 saturated heterocycles. The van der Waals surface area contributed by atoms with Gasteiger partial charge in [0.15, 0.2) is 0 Å². The monoisotopic (exact) mass is 391 g/mol. The predicted molar refractivity (Wildman–Crippen MR) is 124 cm³/mol. The van der Waals surface area contributed by atoms with Crippen LogP contribution < -0.4 is 4.31 Å². The first-order chi connectivity index (χ1) is 13.7. The third kappa shape index (κ3) is 5.20. The zero-order valence-electron chi connectivity index (χ0n) is 17.5. The van der Waals surface area contributed by atoms with Crippen molar-refractivity contribution in [3.05, 3.63) is 65.5 Å². The number of hydrogen-bond donors (Lipinski definition) is 0. The molecule has 2 heterocycles. The van der Waals surface area contributed by atoms with Gasteiger partial charge in [-0.05, 0) is 65.4 Å². The number of fused-ring (bicyclic) bond motifs is 1. The van der Waals surface area contributed by atoms with Crippen molar-refractivity contribution in [2.45, 2.75) is 53.3 Å². The van der Waals surface area contributed by atoms with Crippen LogP contribution in [0.4, 0.5) is 5.69 Å². The Bertz CT molecular complexity index is 827. The lowest BCUT2D eigenvalue weighted by Gasteiger charge is -2.25. The number of pyridine rings is 1. The van der Waals surface area contributed by atoms with Crippen LogP contribution in [0.3, 0.4) is 0 Å². The van der Waals surface area contributed by atoms with Gasteiger partial charge in [-0.25, -0.2) is 5.26 Å². The maximum atomic E-state index is 9.31. The minimum absolute atomic E-state index is 0.108.